The van der Waals surface area contributed by atoms with Crippen molar-refractivity contribution < 1.29 is 19.4 Å². The van der Waals surface area contributed by atoms with E-state index in [0.29, 0.717) is 17.1 Å². The van der Waals surface area contributed by atoms with Crippen LogP contribution in [0.2, 0.25) is 5.02 Å². The molecule has 1 aromatic carbocycles. The second-order valence-corrected chi connectivity index (χ2v) is 6.33. The lowest BCUT2D eigenvalue weighted by molar-refractivity contribution is -0.123. The van der Waals surface area contributed by atoms with Gasteiger partial charge in [-0.2, -0.15) is 0 Å². The van der Waals surface area contributed by atoms with E-state index in [1.165, 1.54) is 11.0 Å². The lowest BCUT2D eigenvalue weighted by atomic mass is 10.1. The summed E-state index contributed by atoms with van der Waals surface area (Å²) < 4.78 is 5.30. The highest BCUT2D eigenvalue weighted by atomic mass is 35.5. The highest BCUT2D eigenvalue weighted by Crippen LogP contribution is 2.38. The Hall–Kier alpha value is -1.66. The molecular weight excluding hydrogens is 326 g/mol. The number of rotatable bonds is 4. The number of carbonyl (C=O) groups is 2. The number of ether oxygens (including phenoxy) is 1. The first-order valence-corrected chi connectivity index (χ1v) is 7.97. The normalized spacial score (nSPS) is 17.0. The van der Waals surface area contributed by atoms with Gasteiger partial charge in [0.25, 0.3) is 11.1 Å². The van der Waals surface area contributed by atoms with E-state index >= 15 is 0 Å². The molecule has 0 saturated carbocycles. The van der Waals surface area contributed by atoms with Crippen LogP contribution in [0.4, 0.5) is 4.79 Å². The van der Waals surface area contributed by atoms with Gasteiger partial charge in [-0.05, 0) is 56.3 Å². The number of hydrogen-bond acceptors (Lipinski definition) is 5. The molecule has 0 aliphatic carbocycles. The molecule has 5 nitrogen and oxygen atoms in total. The average molecular weight is 342 g/mol. The van der Waals surface area contributed by atoms with Crippen LogP contribution in [0.15, 0.2) is 17.0 Å². The lowest BCUT2D eigenvalue weighted by Gasteiger charge is -2.16. The zero-order valence-electron chi connectivity index (χ0n) is 12.4. The van der Waals surface area contributed by atoms with Gasteiger partial charge in [-0.25, -0.2) is 0 Å². The third-order valence-electron chi connectivity index (χ3n) is 2.99. The number of imide groups is 1. The second-order valence-electron chi connectivity index (χ2n) is 4.93. The Kier molecular flexibility index (Phi) is 5.03. The maximum atomic E-state index is 12.2. The first-order valence-electron chi connectivity index (χ1n) is 6.77. The lowest BCUT2D eigenvalue weighted by Crippen LogP contribution is -2.34. The Morgan fingerprint density at radius 1 is 1.41 bits per heavy atom. The molecule has 0 radical (unpaired) electrons. The van der Waals surface area contributed by atoms with Gasteiger partial charge in [0.05, 0.1) is 16.5 Å². The molecule has 1 aliphatic heterocycles. The zero-order valence-corrected chi connectivity index (χ0v) is 14.0. The van der Waals surface area contributed by atoms with Crippen molar-refractivity contribution in [2.75, 3.05) is 6.61 Å². The minimum absolute atomic E-state index is 0.125. The number of phenols is 1. The molecule has 1 fully saturated rings. The average Bonchev–Trinajstić information content (AvgIpc) is 2.70. The smallest absolute Gasteiger partial charge is 0.293 e. The van der Waals surface area contributed by atoms with E-state index in [2.05, 4.69) is 0 Å². The van der Waals surface area contributed by atoms with E-state index in [9.17, 15) is 14.7 Å². The van der Waals surface area contributed by atoms with E-state index in [1.807, 2.05) is 0 Å². The predicted molar refractivity (Wildman–Crippen MR) is 87.2 cm³/mol. The Morgan fingerprint density at radius 2 is 2.09 bits per heavy atom. The molecule has 1 aliphatic rings. The van der Waals surface area contributed by atoms with Crippen LogP contribution in [0.5, 0.6) is 11.5 Å². The number of halogens is 1. The summed E-state index contributed by atoms with van der Waals surface area (Å²) in [6.07, 6.45) is 1.57. The quantitative estimate of drug-likeness (QED) is 0.841. The molecule has 1 saturated heterocycles. The maximum absolute atomic E-state index is 12.2. The van der Waals surface area contributed by atoms with Crippen LogP contribution in [-0.4, -0.2) is 33.8 Å². The number of aromatic hydroxyl groups is 1. The van der Waals surface area contributed by atoms with Crippen molar-refractivity contribution in [3.8, 4) is 11.5 Å². The van der Waals surface area contributed by atoms with Gasteiger partial charge in [-0.1, -0.05) is 11.6 Å². The fourth-order valence-corrected chi connectivity index (χ4v) is 3.20. The van der Waals surface area contributed by atoms with Gasteiger partial charge in [-0.15, -0.1) is 0 Å². The van der Waals surface area contributed by atoms with Crippen molar-refractivity contribution in [2.45, 2.75) is 26.8 Å². The van der Waals surface area contributed by atoms with Gasteiger partial charge in [0, 0.05) is 6.04 Å². The van der Waals surface area contributed by atoms with Crippen LogP contribution in [0.1, 0.15) is 26.3 Å². The largest absolute Gasteiger partial charge is 0.503 e. The molecule has 2 amide bonds. The number of amides is 2. The van der Waals surface area contributed by atoms with Gasteiger partial charge in [0.2, 0.25) is 0 Å². The van der Waals surface area contributed by atoms with E-state index < -0.39 is 0 Å². The van der Waals surface area contributed by atoms with Crippen molar-refractivity contribution in [1.82, 2.24) is 4.90 Å². The van der Waals surface area contributed by atoms with Crippen molar-refractivity contribution in [1.29, 1.82) is 0 Å². The van der Waals surface area contributed by atoms with Gasteiger partial charge < -0.3 is 9.84 Å². The van der Waals surface area contributed by atoms with Crippen molar-refractivity contribution in [2.24, 2.45) is 0 Å². The number of hydrogen-bond donors (Lipinski definition) is 1. The summed E-state index contributed by atoms with van der Waals surface area (Å²) in [7, 11) is 0. The standard InChI is InChI=1S/C15H16ClNO4S/c1-4-21-11-6-9(5-10(16)13(11)18)7-12-14(19)17(8(2)3)15(20)22-12/h5-8,18H,4H2,1-3H3. The highest BCUT2D eigenvalue weighted by Gasteiger charge is 2.36. The van der Waals surface area contributed by atoms with Crippen LogP contribution < -0.4 is 4.74 Å². The molecule has 0 aromatic heterocycles. The van der Waals surface area contributed by atoms with Crippen molar-refractivity contribution >= 4 is 40.6 Å². The Labute approximate surface area is 137 Å². The fourth-order valence-electron chi connectivity index (χ4n) is 2.02. The summed E-state index contributed by atoms with van der Waals surface area (Å²) in [5.41, 5.74) is 0.584. The second kappa shape index (κ2) is 6.62. The molecule has 0 atom stereocenters. The summed E-state index contributed by atoms with van der Waals surface area (Å²) in [6.45, 7) is 5.72. The maximum Gasteiger partial charge on any atom is 0.293 e. The van der Waals surface area contributed by atoms with Gasteiger partial charge in [0.15, 0.2) is 11.5 Å². The highest BCUT2D eigenvalue weighted by molar-refractivity contribution is 8.18. The molecule has 2 rings (SSSR count). The summed E-state index contributed by atoms with van der Waals surface area (Å²) in [5, 5.41) is 9.65. The number of carbonyl (C=O) groups excluding carboxylic acids is 2. The topological polar surface area (TPSA) is 66.8 Å². The molecule has 0 bridgehead atoms. The van der Waals surface area contributed by atoms with Crippen LogP contribution in [0.25, 0.3) is 6.08 Å². The van der Waals surface area contributed by atoms with Crippen LogP contribution in [-0.2, 0) is 4.79 Å². The Balaban J connectivity index is 2.38. The molecule has 0 spiro atoms. The summed E-state index contributed by atoms with van der Waals surface area (Å²) in [6, 6.07) is 2.90. The summed E-state index contributed by atoms with van der Waals surface area (Å²) in [4.78, 5) is 25.6. The SMILES string of the molecule is CCOc1cc(C=C2SC(=O)N(C(C)C)C2=O)cc(Cl)c1O. The number of thioether (sulfide) groups is 1. The van der Waals surface area contributed by atoms with Crippen LogP contribution >= 0.6 is 23.4 Å². The van der Waals surface area contributed by atoms with Crippen molar-refractivity contribution in [3.05, 3.63) is 27.6 Å². The van der Waals surface area contributed by atoms with Gasteiger partial charge in [0.1, 0.15) is 0 Å². The van der Waals surface area contributed by atoms with Crippen LogP contribution in [0, 0.1) is 0 Å². The van der Waals surface area contributed by atoms with E-state index in [4.69, 9.17) is 16.3 Å². The molecule has 22 heavy (non-hydrogen) atoms. The number of phenolic OH excluding ortho intramolecular Hbond substituents is 1. The van der Waals surface area contributed by atoms with E-state index in [1.54, 1.807) is 32.9 Å². The van der Waals surface area contributed by atoms with Crippen molar-refractivity contribution in [3.63, 3.8) is 0 Å². The molecule has 1 heterocycles. The molecule has 1 N–H and O–H groups in total. The number of benzene rings is 1. The summed E-state index contributed by atoms with van der Waals surface area (Å²) in [5.74, 6) is -0.229. The summed E-state index contributed by atoms with van der Waals surface area (Å²) >= 11 is 6.84. The zero-order chi connectivity index (χ0) is 16.4. The minimum atomic E-state index is -0.327. The number of nitrogens with zero attached hydrogens (tertiary/aromatic N) is 1. The fraction of sp³-hybridized carbons (Fsp3) is 0.333. The van der Waals surface area contributed by atoms with Gasteiger partial charge >= 0.3 is 0 Å². The molecular formula is C15H16ClNO4S. The Bertz CT molecular complexity index is 657. The minimum Gasteiger partial charge on any atom is -0.503 e. The third kappa shape index (κ3) is 3.23. The molecule has 0 unspecified atom stereocenters. The predicted octanol–water partition coefficient (Wildman–Crippen LogP) is 3.89. The molecule has 7 heteroatoms. The van der Waals surface area contributed by atoms with Gasteiger partial charge in [-0.3, -0.25) is 14.5 Å². The van der Waals surface area contributed by atoms with Crippen LogP contribution in [0.3, 0.4) is 0 Å². The molecule has 118 valence electrons. The first-order chi connectivity index (χ1) is 10.3. The van der Waals surface area contributed by atoms with E-state index in [0.717, 1.165) is 11.8 Å². The van der Waals surface area contributed by atoms with E-state index in [-0.39, 0.29) is 33.7 Å². The monoisotopic (exact) mass is 341 g/mol. The molecule has 1 aromatic rings. The Morgan fingerprint density at radius 3 is 2.64 bits per heavy atom. The third-order valence-corrected chi connectivity index (χ3v) is 4.16. The first kappa shape index (κ1) is 16.7.